The third-order valence-electron chi connectivity index (χ3n) is 4.20. The van der Waals surface area contributed by atoms with E-state index in [4.69, 9.17) is 34.8 Å². The van der Waals surface area contributed by atoms with Crippen molar-refractivity contribution in [3.63, 3.8) is 0 Å². The van der Waals surface area contributed by atoms with E-state index in [1.165, 1.54) is 24.3 Å². The summed E-state index contributed by atoms with van der Waals surface area (Å²) in [7, 11) is -3.98. The molecular weight excluding hydrogens is 467 g/mol. The maximum atomic E-state index is 13.2. The molecule has 3 aromatic carbocycles. The SMILES string of the molecule is O=C(CN(Cc1ccccc1)S(=O)(=O)c1ccc(Cl)cc1)Nc1c(Cl)cccc1Cl. The summed E-state index contributed by atoms with van der Waals surface area (Å²) in [5.41, 5.74) is 0.966. The molecule has 0 unspecified atom stereocenters. The Morgan fingerprint density at radius 1 is 0.833 bits per heavy atom. The molecular formula is C21H17Cl3N2O3S. The molecule has 5 nitrogen and oxygen atoms in total. The molecule has 0 aliphatic carbocycles. The van der Waals surface area contributed by atoms with Gasteiger partial charge < -0.3 is 5.32 Å². The molecule has 156 valence electrons. The van der Waals surface area contributed by atoms with Crippen LogP contribution in [0.25, 0.3) is 0 Å². The van der Waals surface area contributed by atoms with E-state index in [0.29, 0.717) is 5.02 Å². The number of hydrogen-bond donors (Lipinski definition) is 1. The number of rotatable bonds is 7. The Morgan fingerprint density at radius 2 is 1.43 bits per heavy atom. The van der Waals surface area contributed by atoms with Crippen molar-refractivity contribution in [1.82, 2.24) is 4.31 Å². The number of hydrogen-bond acceptors (Lipinski definition) is 3. The Labute approximate surface area is 190 Å². The van der Waals surface area contributed by atoms with E-state index in [-0.39, 0.29) is 27.2 Å². The summed E-state index contributed by atoms with van der Waals surface area (Å²) in [6.07, 6.45) is 0. The van der Waals surface area contributed by atoms with Gasteiger partial charge >= 0.3 is 0 Å². The second-order valence-electron chi connectivity index (χ2n) is 6.36. The fraction of sp³-hybridized carbons (Fsp3) is 0.0952. The van der Waals surface area contributed by atoms with Crippen LogP contribution in [0.2, 0.25) is 15.1 Å². The number of carbonyl (C=O) groups is 1. The van der Waals surface area contributed by atoms with Gasteiger partial charge in [-0.15, -0.1) is 0 Å². The Hall–Kier alpha value is -2.09. The summed E-state index contributed by atoms with van der Waals surface area (Å²) in [6.45, 7) is -0.420. The molecule has 0 aliphatic heterocycles. The van der Waals surface area contributed by atoms with Gasteiger partial charge in [-0.1, -0.05) is 71.2 Å². The molecule has 0 fully saturated rings. The van der Waals surface area contributed by atoms with Crippen molar-refractivity contribution in [3.8, 4) is 0 Å². The van der Waals surface area contributed by atoms with Crippen LogP contribution < -0.4 is 5.32 Å². The smallest absolute Gasteiger partial charge is 0.243 e. The lowest BCUT2D eigenvalue weighted by atomic mass is 10.2. The van der Waals surface area contributed by atoms with Crippen LogP contribution in [0, 0.1) is 0 Å². The predicted octanol–water partition coefficient (Wildman–Crippen LogP) is 5.48. The zero-order chi connectivity index (χ0) is 21.7. The van der Waals surface area contributed by atoms with E-state index >= 15 is 0 Å². The first-order chi connectivity index (χ1) is 14.3. The molecule has 1 amide bonds. The summed E-state index contributed by atoms with van der Waals surface area (Å²) in [5.74, 6) is -0.571. The van der Waals surface area contributed by atoms with Crippen LogP contribution in [-0.4, -0.2) is 25.2 Å². The van der Waals surface area contributed by atoms with Gasteiger partial charge in [0.25, 0.3) is 0 Å². The van der Waals surface area contributed by atoms with Crippen LogP contribution in [0.15, 0.2) is 77.7 Å². The molecule has 9 heteroatoms. The van der Waals surface area contributed by atoms with E-state index in [9.17, 15) is 13.2 Å². The number of anilines is 1. The van der Waals surface area contributed by atoms with Crippen molar-refractivity contribution < 1.29 is 13.2 Å². The Bertz CT molecular complexity index is 1120. The van der Waals surface area contributed by atoms with Crippen LogP contribution in [0.3, 0.4) is 0 Å². The van der Waals surface area contributed by atoms with Gasteiger partial charge in [-0.3, -0.25) is 4.79 Å². The Morgan fingerprint density at radius 3 is 2.03 bits per heavy atom. The third kappa shape index (κ3) is 5.53. The first-order valence-electron chi connectivity index (χ1n) is 8.81. The zero-order valence-corrected chi connectivity index (χ0v) is 18.6. The molecule has 0 saturated carbocycles. The second-order valence-corrected chi connectivity index (χ2v) is 9.55. The van der Waals surface area contributed by atoms with Gasteiger partial charge in [0.2, 0.25) is 15.9 Å². The number of benzene rings is 3. The quantitative estimate of drug-likeness (QED) is 0.484. The lowest BCUT2D eigenvalue weighted by Crippen LogP contribution is -2.37. The topological polar surface area (TPSA) is 66.5 Å². The summed E-state index contributed by atoms with van der Waals surface area (Å²) in [4.78, 5) is 12.7. The molecule has 0 saturated heterocycles. The number of halogens is 3. The standard InChI is InChI=1S/C21H17Cl3N2O3S/c22-16-9-11-17(12-10-16)30(28,29)26(13-15-5-2-1-3-6-15)14-20(27)25-21-18(23)7-4-8-19(21)24/h1-12H,13-14H2,(H,25,27). The lowest BCUT2D eigenvalue weighted by Gasteiger charge is -2.22. The Balaban J connectivity index is 1.89. The van der Waals surface area contributed by atoms with Crippen molar-refractivity contribution in [2.24, 2.45) is 0 Å². The third-order valence-corrected chi connectivity index (χ3v) is 6.89. The molecule has 0 radical (unpaired) electrons. The van der Waals surface area contributed by atoms with Crippen LogP contribution in [0.1, 0.15) is 5.56 Å². The number of amides is 1. The lowest BCUT2D eigenvalue weighted by molar-refractivity contribution is -0.116. The minimum absolute atomic E-state index is 0.00940. The zero-order valence-electron chi connectivity index (χ0n) is 15.6. The molecule has 3 rings (SSSR count). The van der Waals surface area contributed by atoms with E-state index < -0.39 is 22.5 Å². The van der Waals surface area contributed by atoms with Crippen LogP contribution >= 0.6 is 34.8 Å². The summed E-state index contributed by atoms with van der Waals surface area (Å²) < 4.78 is 27.5. The van der Waals surface area contributed by atoms with Crippen molar-refractivity contribution in [2.45, 2.75) is 11.4 Å². The maximum Gasteiger partial charge on any atom is 0.243 e. The van der Waals surface area contributed by atoms with Crippen molar-refractivity contribution in [3.05, 3.63) is 93.4 Å². The van der Waals surface area contributed by atoms with Gasteiger partial charge in [-0.25, -0.2) is 8.42 Å². The first-order valence-corrected chi connectivity index (χ1v) is 11.4. The predicted molar refractivity (Wildman–Crippen MR) is 121 cm³/mol. The molecule has 0 spiro atoms. The average molecular weight is 484 g/mol. The van der Waals surface area contributed by atoms with E-state index in [2.05, 4.69) is 5.32 Å². The van der Waals surface area contributed by atoms with Gasteiger partial charge in [-0.05, 0) is 42.0 Å². The molecule has 3 aromatic rings. The molecule has 0 bridgehead atoms. The monoisotopic (exact) mass is 482 g/mol. The second kappa shape index (κ2) is 9.81. The Kier molecular flexibility index (Phi) is 7.39. The van der Waals surface area contributed by atoms with Crippen molar-refractivity contribution >= 4 is 56.4 Å². The minimum atomic E-state index is -3.98. The molecule has 0 aliphatic rings. The van der Waals surface area contributed by atoms with Crippen LogP contribution in [0.4, 0.5) is 5.69 Å². The number of nitrogens with one attached hydrogen (secondary N) is 1. The molecule has 30 heavy (non-hydrogen) atoms. The van der Waals surface area contributed by atoms with Gasteiger partial charge in [0, 0.05) is 11.6 Å². The number of nitrogens with zero attached hydrogens (tertiary/aromatic N) is 1. The van der Waals surface area contributed by atoms with Crippen molar-refractivity contribution in [1.29, 1.82) is 0 Å². The highest BCUT2D eigenvalue weighted by Crippen LogP contribution is 2.30. The molecule has 0 atom stereocenters. The number of para-hydroxylation sites is 1. The summed E-state index contributed by atoms with van der Waals surface area (Å²) in [6, 6.07) is 19.6. The van der Waals surface area contributed by atoms with Crippen LogP contribution in [-0.2, 0) is 21.4 Å². The average Bonchev–Trinajstić information content (AvgIpc) is 2.71. The fourth-order valence-corrected chi connectivity index (χ4v) is 4.73. The van der Waals surface area contributed by atoms with Crippen LogP contribution in [0.5, 0.6) is 0 Å². The highest BCUT2D eigenvalue weighted by Gasteiger charge is 2.27. The van der Waals surface area contributed by atoms with Crippen molar-refractivity contribution in [2.75, 3.05) is 11.9 Å². The molecule has 0 aromatic heterocycles. The fourth-order valence-electron chi connectivity index (χ4n) is 2.72. The number of sulfonamides is 1. The summed E-state index contributed by atoms with van der Waals surface area (Å²) >= 11 is 18.1. The van der Waals surface area contributed by atoms with Gasteiger partial charge in [0.1, 0.15) is 0 Å². The van der Waals surface area contributed by atoms with E-state index in [1.54, 1.807) is 42.5 Å². The van der Waals surface area contributed by atoms with Gasteiger partial charge in [0.15, 0.2) is 0 Å². The normalized spacial score (nSPS) is 11.5. The van der Waals surface area contributed by atoms with Gasteiger partial charge in [0.05, 0.1) is 27.2 Å². The minimum Gasteiger partial charge on any atom is -0.322 e. The highest BCUT2D eigenvalue weighted by atomic mass is 35.5. The summed E-state index contributed by atoms with van der Waals surface area (Å²) in [5, 5.41) is 3.52. The largest absolute Gasteiger partial charge is 0.322 e. The maximum absolute atomic E-state index is 13.2. The molecule has 0 heterocycles. The number of carbonyl (C=O) groups excluding carboxylic acids is 1. The highest BCUT2D eigenvalue weighted by molar-refractivity contribution is 7.89. The van der Waals surface area contributed by atoms with E-state index in [1.807, 2.05) is 6.07 Å². The first kappa shape index (κ1) is 22.6. The van der Waals surface area contributed by atoms with E-state index in [0.717, 1.165) is 9.87 Å². The molecule has 1 N–H and O–H groups in total. The van der Waals surface area contributed by atoms with Gasteiger partial charge in [-0.2, -0.15) is 4.31 Å².